The first-order valence-electron chi connectivity index (χ1n) is 9.91. The van der Waals surface area contributed by atoms with Gasteiger partial charge >= 0.3 is 0 Å². The van der Waals surface area contributed by atoms with Crippen LogP contribution in [0.15, 0.2) is 58.7 Å². The fraction of sp³-hybridized carbons (Fsp3) is 0.174. The molecule has 1 aliphatic rings. The van der Waals surface area contributed by atoms with Crippen LogP contribution < -0.4 is 10.2 Å². The number of nitrogens with zero attached hydrogens (tertiary/aromatic N) is 4. The molecule has 0 unspecified atom stereocenters. The molecule has 7 nitrogen and oxygen atoms in total. The van der Waals surface area contributed by atoms with E-state index in [0.29, 0.717) is 26.5 Å². The Hall–Kier alpha value is -3.23. The number of carbonyl (C=O) groups excluding carboxylic acids is 2. The predicted molar refractivity (Wildman–Crippen MR) is 130 cm³/mol. The maximum absolute atomic E-state index is 12.5. The smallest absolute Gasteiger partial charge is 0.264 e. The van der Waals surface area contributed by atoms with Gasteiger partial charge in [-0.1, -0.05) is 17.7 Å². The maximum atomic E-state index is 12.5. The summed E-state index contributed by atoms with van der Waals surface area (Å²) >= 11 is 7.56. The van der Waals surface area contributed by atoms with Gasteiger partial charge in [-0.25, -0.2) is 4.99 Å². The lowest BCUT2D eigenvalue weighted by molar-refractivity contribution is -0.117. The van der Waals surface area contributed by atoms with Gasteiger partial charge in [0.15, 0.2) is 5.17 Å². The number of carbonyl (C=O) groups is 2. The molecule has 0 saturated carbocycles. The zero-order chi connectivity index (χ0) is 22.8. The zero-order valence-electron chi connectivity index (χ0n) is 17.7. The van der Waals surface area contributed by atoms with Crippen LogP contribution in [-0.2, 0) is 9.59 Å². The van der Waals surface area contributed by atoms with Gasteiger partial charge in [0, 0.05) is 31.0 Å². The van der Waals surface area contributed by atoms with Gasteiger partial charge in [-0.05, 0) is 67.6 Å². The normalized spacial score (nSPS) is 16.2. The molecule has 2 aromatic carbocycles. The molecule has 2 heterocycles. The average molecular weight is 466 g/mol. The van der Waals surface area contributed by atoms with Gasteiger partial charge < -0.3 is 10.2 Å². The van der Waals surface area contributed by atoms with E-state index in [4.69, 9.17) is 11.6 Å². The van der Waals surface area contributed by atoms with Crippen LogP contribution in [0.2, 0.25) is 5.02 Å². The molecule has 1 saturated heterocycles. The number of nitrogens with one attached hydrogen (secondary N) is 1. The summed E-state index contributed by atoms with van der Waals surface area (Å²) in [5.74, 6) is -0.317. The van der Waals surface area contributed by atoms with Gasteiger partial charge in [-0.2, -0.15) is 0 Å². The molecule has 162 valence electrons. The number of hydrogen-bond donors (Lipinski definition) is 1. The van der Waals surface area contributed by atoms with E-state index in [1.807, 2.05) is 32.0 Å². The van der Waals surface area contributed by atoms with Crippen molar-refractivity contribution in [2.75, 3.05) is 4.90 Å². The van der Waals surface area contributed by atoms with E-state index in [2.05, 4.69) is 20.3 Å². The number of amidine groups is 1. The van der Waals surface area contributed by atoms with Crippen molar-refractivity contribution in [1.29, 1.82) is 0 Å². The van der Waals surface area contributed by atoms with Crippen LogP contribution in [0, 0.1) is 0 Å². The number of hydrogen-bond acceptors (Lipinski definition) is 6. The number of rotatable bonds is 4. The Balaban J connectivity index is 1.62. The van der Waals surface area contributed by atoms with E-state index in [0.717, 1.165) is 16.6 Å². The van der Waals surface area contributed by atoms with Gasteiger partial charge in [-0.15, -0.1) is 0 Å². The fourth-order valence-electron chi connectivity index (χ4n) is 3.39. The van der Waals surface area contributed by atoms with Crippen LogP contribution in [0.3, 0.4) is 0 Å². The molecular weight excluding hydrogens is 446 g/mol. The number of halogens is 1. The van der Waals surface area contributed by atoms with E-state index in [9.17, 15) is 9.59 Å². The molecule has 1 aliphatic heterocycles. The fourth-order valence-corrected chi connectivity index (χ4v) is 4.39. The zero-order valence-corrected chi connectivity index (χ0v) is 19.2. The van der Waals surface area contributed by atoms with Crippen LogP contribution in [0.1, 0.15) is 26.3 Å². The van der Waals surface area contributed by atoms with Crippen molar-refractivity contribution in [3.8, 4) is 0 Å². The molecule has 0 radical (unpaired) electrons. The number of aliphatic imine (C=N–C) groups is 1. The van der Waals surface area contributed by atoms with E-state index in [1.165, 1.54) is 18.7 Å². The van der Waals surface area contributed by atoms with Crippen LogP contribution in [0.4, 0.5) is 11.4 Å². The summed E-state index contributed by atoms with van der Waals surface area (Å²) in [4.78, 5) is 39.8. The molecule has 0 atom stereocenters. The third-order valence-electron chi connectivity index (χ3n) is 4.73. The highest BCUT2D eigenvalue weighted by Crippen LogP contribution is 2.34. The van der Waals surface area contributed by atoms with Crippen molar-refractivity contribution >= 4 is 68.8 Å². The molecule has 4 rings (SSSR count). The highest BCUT2D eigenvalue weighted by molar-refractivity contribution is 8.18. The highest BCUT2D eigenvalue weighted by atomic mass is 35.5. The number of thioether (sulfide) groups is 1. The summed E-state index contributed by atoms with van der Waals surface area (Å²) in [7, 11) is 0. The van der Waals surface area contributed by atoms with Crippen molar-refractivity contribution in [2.24, 2.45) is 4.99 Å². The molecular formula is C23H20ClN5O2S. The second kappa shape index (κ2) is 9.10. The third-order valence-corrected chi connectivity index (χ3v) is 5.96. The molecule has 1 N–H and O–H groups in total. The quantitative estimate of drug-likeness (QED) is 0.551. The molecule has 0 spiro atoms. The Kier molecular flexibility index (Phi) is 6.25. The van der Waals surface area contributed by atoms with Gasteiger partial charge in [-0.3, -0.25) is 19.6 Å². The van der Waals surface area contributed by atoms with Crippen molar-refractivity contribution in [3.63, 3.8) is 0 Å². The number of fused-ring (bicyclic) bond motifs is 1. The van der Waals surface area contributed by atoms with E-state index in [-0.39, 0.29) is 17.9 Å². The number of amides is 2. The first-order valence-corrected chi connectivity index (χ1v) is 11.1. The summed E-state index contributed by atoms with van der Waals surface area (Å²) in [6, 6.07) is 10.8. The minimum atomic E-state index is -0.243. The molecule has 1 aromatic heterocycles. The van der Waals surface area contributed by atoms with Gasteiger partial charge in [0.05, 0.1) is 26.6 Å². The molecule has 32 heavy (non-hydrogen) atoms. The van der Waals surface area contributed by atoms with E-state index < -0.39 is 0 Å². The largest absolute Gasteiger partial charge is 0.310 e. The third kappa shape index (κ3) is 4.66. The second-order valence-electron chi connectivity index (χ2n) is 7.40. The van der Waals surface area contributed by atoms with Crippen molar-refractivity contribution < 1.29 is 9.59 Å². The molecule has 9 heteroatoms. The van der Waals surface area contributed by atoms with Gasteiger partial charge in [0.2, 0.25) is 5.91 Å². The van der Waals surface area contributed by atoms with Crippen LogP contribution in [-0.4, -0.2) is 33.0 Å². The van der Waals surface area contributed by atoms with E-state index in [1.54, 1.807) is 41.6 Å². The highest BCUT2D eigenvalue weighted by Gasteiger charge is 2.24. The number of anilines is 1. The number of benzene rings is 2. The van der Waals surface area contributed by atoms with Crippen molar-refractivity contribution in [1.82, 2.24) is 15.3 Å². The Morgan fingerprint density at radius 3 is 2.62 bits per heavy atom. The summed E-state index contributed by atoms with van der Waals surface area (Å²) in [6.07, 6.45) is 5.05. The number of aromatic nitrogens is 2. The second-order valence-corrected chi connectivity index (χ2v) is 8.84. The van der Waals surface area contributed by atoms with Crippen molar-refractivity contribution in [2.45, 2.75) is 26.8 Å². The van der Waals surface area contributed by atoms with Gasteiger partial charge in [0.1, 0.15) is 0 Å². The molecule has 0 bridgehead atoms. The minimum absolute atomic E-state index is 0.0177. The molecule has 3 aromatic rings. The van der Waals surface area contributed by atoms with E-state index >= 15 is 0 Å². The summed E-state index contributed by atoms with van der Waals surface area (Å²) < 4.78 is 0. The standard InChI is InChI=1S/C23H20ClN5O2S/c1-13(2)29(14(3)30)16-5-6-17(24)19(12-16)27-23-28-22(31)21(32-23)11-15-4-7-18-20(10-15)26-9-8-25-18/h4-13H,1-3H3,(H,27,28,31)/b21-11-. The monoisotopic (exact) mass is 465 g/mol. The summed E-state index contributed by atoms with van der Waals surface area (Å²) in [6.45, 7) is 5.39. The maximum Gasteiger partial charge on any atom is 0.264 e. The Morgan fingerprint density at radius 2 is 1.91 bits per heavy atom. The predicted octanol–water partition coefficient (Wildman–Crippen LogP) is 4.94. The molecule has 2 amide bonds. The molecule has 1 fully saturated rings. The summed E-state index contributed by atoms with van der Waals surface area (Å²) in [5.41, 5.74) is 3.55. The lowest BCUT2D eigenvalue weighted by Crippen LogP contribution is -2.35. The SMILES string of the molecule is CC(=O)N(c1ccc(Cl)c(N=C2NC(=O)/C(=C/c3ccc4nccnc4c3)S2)c1)C(C)C. The average Bonchev–Trinajstić information content (AvgIpc) is 3.08. The van der Waals surface area contributed by atoms with Crippen LogP contribution in [0.5, 0.6) is 0 Å². The first-order chi connectivity index (χ1) is 15.3. The summed E-state index contributed by atoms with van der Waals surface area (Å²) in [5, 5.41) is 3.61. The Labute approximate surface area is 194 Å². The lowest BCUT2D eigenvalue weighted by Gasteiger charge is -2.25. The lowest BCUT2D eigenvalue weighted by atomic mass is 10.2. The minimum Gasteiger partial charge on any atom is -0.310 e. The Morgan fingerprint density at radius 1 is 1.16 bits per heavy atom. The van der Waals surface area contributed by atoms with Crippen molar-refractivity contribution in [3.05, 3.63) is 64.3 Å². The molecule has 0 aliphatic carbocycles. The van der Waals surface area contributed by atoms with Crippen LogP contribution in [0.25, 0.3) is 17.1 Å². The topological polar surface area (TPSA) is 87.5 Å². The van der Waals surface area contributed by atoms with Gasteiger partial charge in [0.25, 0.3) is 5.91 Å². The van der Waals surface area contributed by atoms with Crippen LogP contribution >= 0.6 is 23.4 Å². The first kappa shape index (κ1) is 22.0. The Bertz CT molecular complexity index is 1290.